The minimum absolute atomic E-state index is 0.112. The summed E-state index contributed by atoms with van der Waals surface area (Å²) in [5, 5.41) is 11.8. The number of nitrogens with one attached hydrogen (secondary N) is 1. The smallest absolute Gasteiger partial charge is 0.287 e. The average Bonchev–Trinajstić information content (AvgIpc) is 2.59. The van der Waals surface area contributed by atoms with E-state index in [0.717, 1.165) is 17.7 Å². The van der Waals surface area contributed by atoms with Crippen LogP contribution < -0.4 is 5.32 Å². The van der Waals surface area contributed by atoms with Crippen LogP contribution in [0.5, 0.6) is 0 Å². The second-order valence-corrected chi connectivity index (χ2v) is 4.57. The molecule has 1 amide bonds. The predicted octanol–water partition coefficient (Wildman–Crippen LogP) is 1.65. The fraction of sp³-hybridized carbons (Fsp3) is 0.583. The molecule has 0 saturated carbocycles. The molecule has 1 rings (SSSR count). The molecule has 2 N–H and O–H groups in total. The van der Waals surface area contributed by atoms with E-state index in [2.05, 4.69) is 5.32 Å². The van der Waals surface area contributed by atoms with Crippen molar-refractivity contribution in [2.75, 3.05) is 6.61 Å². The third-order valence-corrected chi connectivity index (χ3v) is 2.37. The molecule has 1 aromatic heterocycles. The van der Waals surface area contributed by atoms with E-state index in [1.165, 1.54) is 0 Å². The Balaban J connectivity index is 2.84. The zero-order valence-electron chi connectivity index (χ0n) is 10.3. The van der Waals surface area contributed by atoms with Crippen LogP contribution in [0.3, 0.4) is 0 Å². The maximum Gasteiger partial charge on any atom is 0.287 e. The van der Waals surface area contributed by atoms with Crippen LogP contribution in [0.1, 0.15) is 42.6 Å². The highest BCUT2D eigenvalue weighted by Gasteiger charge is 2.23. The van der Waals surface area contributed by atoms with Gasteiger partial charge in [-0.05, 0) is 26.8 Å². The van der Waals surface area contributed by atoms with Gasteiger partial charge < -0.3 is 14.8 Å². The molecule has 4 heteroatoms. The number of aliphatic hydroxyl groups is 1. The number of carbonyl (C=O) groups is 1. The molecule has 16 heavy (non-hydrogen) atoms. The van der Waals surface area contributed by atoms with Gasteiger partial charge >= 0.3 is 0 Å². The topological polar surface area (TPSA) is 62.5 Å². The standard InChI is InChI=1S/C12H19NO3/c1-5-9-6-8(2)10(16-9)11(15)13-12(3,4)7-14/h6,14H,5,7H2,1-4H3,(H,13,15). The van der Waals surface area contributed by atoms with Crippen LogP contribution in [-0.2, 0) is 6.42 Å². The Bertz CT molecular complexity index is 380. The Labute approximate surface area is 95.7 Å². The number of carbonyl (C=O) groups excluding carboxylic acids is 1. The highest BCUT2D eigenvalue weighted by molar-refractivity contribution is 5.93. The fourth-order valence-corrected chi connectivity index (χ4v) is 1.35. The van der Waals surface area contributed by atoms with Crippen LogP contribution in [0.15, 0.2) is 10.5 Å². The lowest BCUT2D eigenvalue weighted by molar-refractivity contribution is 0.0838. The molecule has 0 aliphatic heterocycles. The Hall–Kier alpha value is -1.29. The van der Waals surface area contributed by atoms with E-state index >= 15 is 0 Å². The van der Waals surface area contributed by atoms with Crippen LogP contribution in [0.4, 0.5) is 0 Å². The second kappa shape index (κ2) is 4.70. The van der Waals surface area contributed by atoms with Gasteiger partial charge in [0.05, 0.1) is 12.1 Å². The molecule has 90 valence electrons. The predicted molar refractivity (Wildman–Crippen MR) is 61.5 cm³/mol. The molecule has 0 unspecified atom stereocenters. The number of aliphatic hydroxyl groups excluding tert-OH is 1. The summed E-state index contributed by atoms with van der Waals surface area (Å²) < 4.78 is 5.42. The average molecular weight is 225 g/mol. The summed E-state index contributed by atoms with van der Waals surface area (Å²) in [6.07, 6.45) is 0.761. The zero-order chi connectivity index (χ0) is 12.3. The van der Waals surface area contributed by atoms with E-state index < -0.39 is 5.54 Å². The summed E-state index contributed by atoms with van der Waals surface area (Å²) in [6, 6.07) is 1.86. The first-order valence-corrected chi connectivity index (χ1v) is 5.42. The summed E-state index contributed by atoms with van der Waals surface area (Å²) in [4.78, 5) is 11.9. The maximum absolute atomic E-state index is 11.9. The van der Waals surface area contributed by atoms with Gasteiger partial charge in [-0.25, -0.2) is 0 Å². The molecule has 0 saturated heterocycles. The van der Waals surface area contributed by atoms with Crippen molar-refractivity contribution in [1.82, 2.24) is 5.32 Å². The van der Waals surface area contributed by atoms with E-state index in [1.54, 1.807) is 13.8 Å². The Morgan fingerprint density at radius 3 is 2.62 bits per heavy atom. The van der Waals surface area contributed by atoms with Crippen LogP contribution in [0.25, 0.3) is 0 Å². The van der Waals surface area contributed by atoms with Gasteiger partial charge in [0, 0.05) is 12.0 Å². The van der Waals surface area contributed by atoms with E-state index in [4.69, 9.17) is 9.52 Å². The minimum Gasteiger partial charge on any atom is -0.456 e. The number of hydrogen-bond acceptors (Lipinski definition) is 3. The number of rotatable bonds is 4. The van der Waals surface area contributed by atoms with Crippen molar-refractivity contribution in [1.29, 1.82) is 0 Å². The van der Waals surface area contributed by atoms with E-state index in [0.29, 0.717) is 5.76 Å². The molecule has 0 aromatic carbocycles. The van der Waals surface area contributed by atoms with Crippen molar-refractivity contribution in [3.8, 4) is 0 Å². The first kappa shape index (κ1) is 12.8. The molecule has 1 aromatic rings. The van der Waals surface area contributed by atoms with Gasteiger partial charge in [-0.15, -0.1) is 0 Å². The molecule has 0 fully saturated rings. The van der Waals surface area contributed by atoms with Crippen LogP contribution in [0, 0.1) is 6.92 Å². The summed E-state index contributed by atoms with van der Waals surface area (Å²) in [7, 11) is 0. The lowest BCUT2D eigenvalue weighted by Gasteiger charge is -2.22. The van der Waals surface area contributed by atoms with Gasteiger partial charge in [0.2, 0.25) is 0 Å². The van der Waals surface area contributed by atoms with Crippen molar-refractivity contribution < 1.29 is 14.3 Å². The molecular weight excluding hydrogens is 206 g/mol. The largest absolute Gasteiger partial charge is 0.456 e. The van der Waals surface area contributed by atoms with E-state index in [-0.39, 0.29) is 12.5 Å². The first-order valence-electron chi connectivity index (χ1n) is 5.42. The van der Waals surface area contributed by atoms with Crippen LogP contribution in [0.2, 0.25) is 0 Å². The molecule has 0 aliphatic rings. The highest BCUT2D eigenvalue weighted by atomic mass is 16.4. The molecular formula is C12H19NO3. The maximum atomic E-state index is 11.9. The van der Waals surface area contributed by atoms with E-state index in [1.807, 2.05) is 19.9 Å². The van der Waals surface area contributed by atoms with Crippen LogP contribution in [-0.4, -0.2) is 23.2 Å². The van der Waals surface area contributed by atoms with Crippen molar-refractivity contribution in [3.63, 3.8) is 0 Å². The summed E-state index contributed by atoms with van der Waals surface area (Å²) in [5.74, 6) is 0.846. The van der Waals surface area contributed by atoms with Crippen LogP contribution >= 0.6 is 0 Å². The molecule has 0 radical (unpaired) electrons. The quantitative estimate of drug-likeness (QED) is 0.819. The van der Waals surface area contributed by atoms with Crippen molar-refractivity contribution in [3.05, 3.63) is 23.2 Å². The second-order valence-electron chi connectivity index (χ2n) is 4.57. The SMILES string of the molecule is CCc1cc(C)c(C(=O)NC(C)(C)CO)o1. The monoisotopic (exact) mass is 225 g/mol. The van der Waals surface area contributed by atoms with Gasteiger partial charge in [-0.1, -0.05) is 6.92 Å². The minimum atomic E-state index is -0.636. The molecule has 4 nitrogen and oxygen atoms in total. The normalized spacial score (nSPS) is 11.6. The summed E-state index contributed by atoms with van der Waals surface area (Å²) >= 11 is 0. The van der Waals surface area contributed by atoms with Crippen molar-refractivity contribution >= 4 is 5.91 Å². The number of aryl methyl sites for hydroxylation is 2. The van der Waals surface area contributed by atoms with Crippen molar-refractivity contribution in [2.24, 2.45) is 0 Å². The fourth-order valence-electron chi connectivity index (χ4n) is 1.35. The Morgan fingerprint density at radius 2 is 2.19 bits per heavy atom. The number of hydrogen-bond donors (Lipinski definition) is 2. The molecule has 0 atom stereocenters. The van der Waals surface area contributed by atoms with Gasteiger partial charge in [0.15, 0.2) is 5.76 Å². The van der Waals surface area contributed by atoms with Gasteiger partial charge in [-0.3, -0.25) is 4.79 Å². The van der Waals surface area contributed by atoms with Crippen molar-refractivity contribution in [2.45, 2.75) is 39.7 Å². The van der Waals surface area contributed by atoms with Gasteiger partial charge in [0.1, 0.15) is 5.76 Å². The third-order valence-electron chi connectivity index (χ3n) is 2.37. The molecule has 0 spiro atoms. The summed E-state index contributed by atoms with van der Waals surface area (Å²) in [6.45, 7) is 7.20. The zero-order valence-corrected chi connectivity index (χ0v) is 10.3. The lowest BCUT2D eigenvalue weighted by Crippen LogP contribution is -2.46. The molecule has 0 aliphatic carbocycles. The van der Waals surface area contributed by atoms with Gasteiger partial charge in [0.25, 0.3) is 5.91 Å². The summed E-state index contributed by atoms with van der Waals surface area (Å²) in [5.41, 5.74) is 0.186. The molecule has 1 heterocycles. The Morgan fingerprint density at radius 1 is 1.56 bits per heavy atom. The van der Waals surface area contributed by atoms with Gasteiger partial charge in [-0.2, -0.15) is 0 Å². The number of furan rings is 1. The highest BCUT2D eigenvalue weighted by Crippen LogP contribution is 2.16. The van der Waals surface area contributed by atoms with E-state index in [9.17, 15) is 4.79 Å². The molecule has 0 bridgehead atoms. The lowest BCUT2D eigenvalue weighted by atomic mass is 10.1. The first-order chi connectivity index (χ1) is 7.39. The Kier molecular flexibility index (Phi) is 3.75. The third kappa shape index (κ3) is 2.85. The number of amides is 1.